The van der Waals surface area contributed by atoms with E-state index in [1.807, 2.05) is 6.92 Å². The van der Waals surface area contributed by atoms with Crippen LogP contribution in [0, 0.1) is 6.92 Å². The van der Waals surface area contributed by atoms with Gasteiger partial charge < -0.3 is 15.2 Å². The van der Waals surface area contributed by atoms with Crippen LogP contribution in [-0.2, 0) is 4.79 Å². The fraction of sp³-hybridized carbons (Fsp3) is 0.385. The summed E-state index contributed by atoms with van der Waals surface area (Å²) in [7, 11) is 0. The van der Waals surface area contributed by atoms with Crippen LogP contribution in [-0.4, -0.2) is 30.1 Å². The molecule has 5 nitrogen and oxygen atoms in total. The van der Waals surface area contributed by atoms with Crippen molar-refractivity contribution in [1.82, 2.24) is 5.32 Å². The van der Waals surface area contributed by atoms with Crippen molar-refractivity contribution < 1.29 is 19.4 Å². The molecule has 0 aliphatic carbocycles. The number of amides is 1. The van der Waals surface area contributed by atoms with E-state index in [2.05, 4.69) is 21.2 Å². The number of rotatable bonds is 6. The number of hydrogen-bond donors (Lipinski definition) is 2. The van der Waals surface area contributed by atoms with Crippen LogP contribution in [0.3, 0.4) is 0 Å². The number of hydrogen-bond acceptors (Lipinski definition) is 3. The molecule has 0 aliphatic heterocycles. The van der Waals surface area contributed by atoms with Gasteiger partial charge in [-0.25, -0.2) is 4.79 Å². The largest absolute Gasteiger partial charge is 0.483 e. The smallest absolute Gasteiger partial charge is 0.339 e. The van der Waals surface area contributed by atoms with E-state index in [-0.39, 0.29) is 23.8 Å². The molecular formula is C13H16BrNO4. The highest BCUT2D eigenvalue weighted by Crippen LogP contribution is 2.28. The van der Waals surface area contributed by atoms with E-state index >= 15 is 0 Å². The van der Waals surface area contributed by atoms with Crippen LogP contribution in [0.2, 0.25) is 0 Å². The molecule has 19 heavy (non-hydrogen) atoms. The zero-order valence-corrected chi connectivity index (χ0v) is 12.4. The Morgan fingerprint density at radius 2 is 2.11 bits per heavy atom. The highest BCUT2D eigenvalue weighted by Gasteiger charge is 2.16. The maximum absolute atomic E-state index is 11.4. The summed E-state index contributed by atoms with van der Waals surface area (Å²) in [4.78, 5) is 22.6. The summed E-state index contributed by atoms with van der Waals surface area (Å²) in [5.74, 6) is -1.13. The molecule has 1 rings (SSSR count). The van der Waals surface area contributed by atoms with Crippen molar-refractivity contribution in [2.24, 2.45) is 0 Å². The number of carboxylic acid groups (broad SMARTS) is 1. The second kappa shape index (κ2) is 7.13. The van der Waals surface area contributed by atoms with Crippen LogP contribution in [0.1, 0.15) is 29.3 Å². The topological polar surface area (TPSA) is 75.6 Å². The van der Waals surface area contributed by atoms with E-state index in [4.69, 9.17) is 9.84 Å². The predicted octanol–water partition coefficient (Wildman–Crippen LogP) is 2.36. The zero-order chi connectivity index (χ0) is 14.4. The second-order valence-electron chi connectivity index (χ2n) is 4.04. The number of aromatic carboxylic acids is 1. The molecule has 6 heteroatoms. The Bertz CT molecular complexity index is 488. The molecule has 0 aromatic heterocycles. The minimum Gasteiger partial charge on any atom is -0.483 e. The summed E-state index contributed by atoms with van der Waals surface area (Å²) < 4.78 is 5.99. The van der Waals surface area contributed by atoms with Gasteiger partial charge in [-0.15, -0.1) is 0 Å². The van der Waals surface area contributed by atoms with Crippen LogP contribution in [0.15, 0.2) is 16.6 Å². The third kappa shape index (κ3) is 4.55. The molecule has 1 amide bonds. The minimum absolute atomic E-state index is 0.0372. The minimum atomic E-state index is -1.09. The Hall–Kier alpha value is -1.56. The van der Waals surface area contributed by atoms with Crippen molar-refractivity contribution in [2.45, 2.75) is 20.3 Å². The lowest BCUT2D eigenvalue weighted by atomic mass is 10.1. The number of carboxylic acids is 1. The van der Waals surface area contributed by atoms with Gasteiger partial charge in [0.1, 0.15) is 11.3 Å². The first-order chi connectivity index (χ1) is 8.95. The Labute approximate surface area is 120 Å². The predicted molar refractivity (Wildman–Crippen MR) is 74.6 cm³/mol. The zero-order valence-electron chi connectivity index (χ0n) is 10.8. The first-order valence-electron chi connectivity index (χ1n) is 5.88. The van der Waals surface area contributed by atoms with Crippen molar-refractivity contribution in [3.05, 3.63) is 27.7 Å². The van der Waals surface area contributed by atoms with E-state index in [0.29, 0.717) is 16.6 Å². The van der Waals surface area contributed by atoms with Gasteiger partial charge in [0.15, 0.2) is 6.61 Å². The van der Waals surface area contributed by atoms with Crippen molar-refractivity contribution >= 4 is 27.8 Å². The van der Waals surface area contributed by atoms with Crippen molar-refractivity contribution in [1.29, 1.82) is 0 Å². The Balaban J connectivity index is 2.83. The monoisotopic (exact) mass is 329 g/mol. The third-order valence-corrected chi connectivity index (χ3v) is 2.85. The van der Waals surface area contributed by atoms with Gasteiger partial charge in [-0.1, -0.05) is 22.9 Å². The molecule has 0 aliphatic rings. The molecule has 0 saturated heterocycles. The van der Waals surface area contributed by atoms with Crippen LogP contribution >= 0.6 is 15.9 Å². The normalized spacial score (nSPS) is 10.1. The molecule has 0 radical (unpaired) electrons. The average molecular weight is 330 g/mol. The van der Waals surface area contributed by atoms with Crippen LogP contribution in [0.4, 0.5) is 0 Å². The lowest BCUT2D eigenvalue weighted by Crippen LogP contribution is -2.29. The number of nitrogens with one attached hydrogen (secondary N) is 1. The highest BCUT2D eigenvalue weighted by molar-refractivity contribution is 9.10. The van der Waals surface area contributed by atoms with E-state index in [0.717, 1.165) is 6.42 Å². The number of aryl methyl sites for hydroxylation is 1. The molecule has 2 N–H and O–H groups in total. The molecule has 1 aromatic carbocycles. The number of benzene rings is 1. The highest BCUT2D eigenvalue weighted by atomic mass is 79.9. The van der Waals surface area contributed by atoms with Crippen molar-refractivity contribution in [3.63, 3.8) is 0 Å². The molecule has 1 aromatic rings. The second-order valence-corrected chi connectivity index (χ2v) is 4.96. The lowest BCUT2D eigenvalue weighted by Gasteiger charge is -2.12. The van der Waals surface area contributed by atoms with Crippen molar-refractivity contribution in [2.75, 3.05) is 13.2 Å². The first kappa shape index (κ1) is 15.5. The molecule has 0 unspecified atom stereocenters. The van der Waals surface area contributed by atoms with Gasteiger partial charge in [-0.2, -0.15) is 0 Å². The fourth-order valence-electron chi connectivity index (χ4n) is 1.53. The standard InChI is InChI=1S/C13H16BrNO4/c1-3-4-15-11(16)7-19-12-8(2)5-9(14)6-10(12)13(17)18/h5-6H,3-4,7H2,1-2H3,(H,15,16)(H,17,18). The van der Waals surface area contributed by atoms with Gasteiger partial charge in [-0.3, -0.25) is 4.79 Å². The quantitative estimate of drug-likeness (QED) is 0.840. The molecule has 0 spiro atoms. The van der Waals surface area contributed by atoms with Gasteiger partial charge in [0.05, 0.1) is 0 Å². The number of halogens is 1. The number of carbonyl (C=O) groups is 2. The Morgan fingerprint density at radius 1 is 1.42 bits per heavy atom. The Kier molecular flexibility index (Phi) is 5.82. The SMILES string of the molecule is CCCNC(=O)COc1c(C)cc(Br)cc1C(=O)O. The van der Waals surface area contributed by atoms with Gasteiger partial charge in [-0.05, 0) is 31.0 Å². The summed E-state index contributed by atoms with van der Waals surface area (Å²) in [6, 6.07) is 3.19. The maximum Gasteiger partial charge on any atom is 0.339 e. The van der Waals surface area contributed by atoms with Crippen LogP contribution < -0.4 is 10.1 Å². The van der Waals surface area contributed by atoms with Gasteiger partial charge in [0.25, 0.3) is 5.91 Å². The van der Waals surface area contributed by atoms with Gasteiger partial charge >= 0.3 is 5.97 Å². The summed E-state index contributed by atoms with van der Waals surface area (Å²) in [5, 5.41) is 11.8. The van der Waals surface area contributed by atoms with Crippen LogP contribution in [0.5, 0.6) is 5.75 Å². The number of ether oxygens (including phenoxy) is 1. The van der Waals surface area contributed by atoms with E-state index < -0.39 is 5.97 Å². The average Bonchev–Trinajstić information content (AvgIpc) is 2.34. The molecule has 104 valence electrons. The molecule has 0 bridgehead atoms. The van der Waals surface area contributed by atoms with Gasteiger partial charge in [0.2, 0.25) is 0 Å². The molecule has 0 atom stereocenters. The Morgan fingerprint density at radius 3 is 2.68 bits per heavy atom. The van der Waals surface area contributed by atoms with E-state index in [1.54, 1.807) is 13.0 Å². The van der Waals surface area contributed by atoms with Crippen molar-refractivity contribution in [3.8, 4) is 5.75 Å². The maximum atomic E-state index is 11.4. The van der Waals surface area contributed by atoms with E-state index in [1.165, 1.54) is 6.07 Å². The van der Waals surface area contributed by atoms with Gasteiger partial charge in [0, 0.05) is 11.0 Å². The molecule has 0 saturated carbocycles. The molecule has 0 fully saturated rings. The van der Waals surface area contributed by atoms with E-state index in [9.17, 15) is 9.59 Å². The summed E-state index contributed by atoms with van der Waals surface area (Å²) in [6.07, 6.45) is 0.837. The lowest BCUT2D eigenvalue weighted by molar-refractivity contribution is -0.123. The number of carbonyl (C=O) groups excluding carboxylic acids is 1. The molecule has 0 heterocycles. The molecular weight excluding hydrogens is 314 g/mol. The summed E-state index contributed by atoms with van der Waals surface area (Å²) in [6.45, 7) is 4.06. The summed E-state index contributed by atoms with van der Waals surface area (Å²) >= 11 is 3.23. The fourth-order valence-corrected chi connectivity index (χ4v) is 2.11. The first-order valence-corrected chi connectivity index (χ1v) is 6.68. The third-order valence-electron chi connectivity index (χ3n) is 2.39. The summed E-state index contributed by atoms with van der Waals surface area (Å²) in [5.41, 5.74) is 0.699. The van der Waals surface area contributed by atoms with Crippen LogP contribution in [0.25, 0.3) is 0 Å².